The first kappa shape index (κ1) is 13.1. The lowest BCUT2D eigenvalue weighted by molar-refractivity contribution is -0.124. The predicted octanol–water partition coefficient (Wildman–Crippen LogP) is 0.150. The van der Waals surface area contributed by atoms with Crippen molar-refractivity contribution in [2.75, 3.05) is 33.2 Å². The number of carbonyl (C=O) groups excluding carboxylic acids is 1. The van der Waals surface area contributed by atoms with Gasteiger partial charge in [-0.25, -0.2) is 0 Å². The van der Waals surface area contributed by atoms with Crippen LogP contribution in [0.4, 0.5) is 0 Å². The van der Waals surface area contributed by atoms with Gasteiger partial charge < -0.3 is 20.0 Å². The number of hydrogen-bond acceptors (Lipinski definition) is 4. The molecular formula is C13H21N3O2. The molecule has 1 aromatic rings. The van der Waals surface area contributed by atoms with Crippen LogP contribution in [-0.2, 0) is 11.2 Å². The van der Waals surface area contributed by atoms with Crippen LogP contribution in [0.5, 0.6) is 0 Å². The Morgan fingerprint density at radius 1 is 1.61 bits per heavy atom. The average Bonchev–Trinajstić information content (AvgIpc) is 2.75. The van der Waals surface area contributed by atoms with E-state index in [9.17, 15) is 4.79 Å². The smallest absolute Gasteiger partial charge is 0.238 e. The number of hydrogen-bond donors (Lipinski definition) is 2. The van der Waals surface area contributed by atoms with Crippen molar-refractivity contribution in [3.05, 3.63) is 23.7 Å². The SMILES string of the molecule is Cc1ccc(CCNC(=O)C2CN(C)CCN2)o1. The van der Waals surface area contributed by atoms with E-state index in [2.05, 4.69) is 15.5 Å². The lowest BCUT2D eigenvalue weighted by atomic mass is 10.2. The molecule has 1 atom stereocenters. The van der Waals surface area contributed by atoms with E-state index in [0.29, 0.717) is 6.54 Å². The molecule has 0 aliphatic carbocycles. The number of piperazine rings is 1. The third-order valence-electron chi connectivity index (χ3n) is 3.16. The van der Waals surface area contributed by atoms with E-state index in [1.165, 1.54) is 0 Å². The summed E-state index contributed by atoms with van der Waals surface area (Å²) in [6.45, 7) is 5.17. The Labute approximate surface area is 108 Å². The van der Waals surface area contributed by atoms with E-state index in [0.717, 1.165) is 37.6 Å². The summed E-state index contributed by atoms with van der Waals surface area (Å²) in [5.74, 6) is 1.90. The second kappa shape index (κ2) is 6.02. The summed E-state index contributed by atoms with van der Waals surface area (Å²) in [4.78, 5) is 14.1. The number of likely N-dealkylation sites (N-methyl/N-ethyl adjacent to an activating group) is 1. The molecule has 0 radical (unpaired) electrons. The number of furan rings is 1. The fourth-order valence-electron chi connectivity index (χ4n) is 2.12. The molecule has 1 unspecified atom stereocenters. The number of carbonyl (C=O) groups is 1. The summed E-state index contributed by atoms with van der Waals surface area (Å²) in [5, 5.41) is 6.17. The van der Waals surface area contributed by atoms with Crippen LogP contribution in [0.1, 0.15) is 11.5 Å². The Hall–Kier alpha value is -1.33. The van der Waals surface area contributed by atoms with Crippen molar-refractivity contribution < 1.29 is 9.21 Å². The van der Waals surface area contributed by atoms with Gasteiger partial charge in [0, 0.05) is 32.6 Å². The van der Waals surface area contributed by atoms with E-state index >= 15 is 0 Å². The van der Waals surface area contributed by atoms with Crippen molar-refractivity contribution in [2.24, 2.45) is 0 Å². The molecule has 2 N–H and O–H groups in total. The first-order valence-electron chi connectivity index (χ1n) is 6.40. The number of nitrogens with zero attached hydrogens (tertiary/aromatic N) is 1. The van der Waals surface area contributed by atoms with E-state index in [-0.39, 0.29) is 11.9 Å². The molecule has 1 aliphatic heterocycles. The molecular weight excluding hydrogens is 230 g/mol. The molecule has 1 amide bonds. The van der Waals surface area contributed by atoms with Crippen molar-refractivity contribution in [1.82, 2.24) is 15.5 Å². The summed E-state index contributed by atoms with van der Waals surface area (Å²) in [6, 6.07) is 3.80. The Bertz CT molecular complexity index is 403. The lowest BCUT2D eigenvalue weighted by Crippen LogP contribution is -2.56. The Balaban J connectivity index is 1.71. The van der Waals surface area contributed by atoms with Crippen LogP contribution >= 0.6 is 0 Å². The third kappa shape index (κ3) is 3.58. The molecule has 5 heteroatoms. The highest BCUT2D eigenvalue weighted by Gasteiger charge is 2.22. The molecule has 0 bridgehead atoms. The monoisotopic (exact) mass is 251 g/mol. The number of amides is 1. The highest BCUT2D eigenvalue weighted by molar-refractivity contribution is 5.82. The molecule has 2 rings (SSSR count). The molecule has 1 aliphatic rings. The summed E-state index contributed by atoms with van der Waals surface area (Å²) in [6.07, 6.45) is 0.738. The summed E-state index contributed by atoms with van der Waals surface area (Å²) in [5.41, 5.74) is 0. The molecule has 1 aromatic heterocycles. The summed E-state index contributed by atoms with van der Waals surface area (Å²) < 4.78 is 5.45. The Morgan fingerprint density at radius 3 is 3.11 bits per heavy atom. The Morgan fingerprint density at radius 2 is 2.44 bits per heavy atom. The van der Waals surface area contributed by atoms with Crippen LogP contribution in [0.25, 0.3) is 0 Å². The highest BCUT2D eigenvalue weighted by atomic mass is 16.3. The van der Waals surface area contributed by atoms with E-state index in [4.69, 9.17) is 4.42 Å². The normalized spacial score (nSPS) is 20.9. The molecule has 0 spiro atoms. The summed E-state index contributed by atoms with van der Waals surface area (Å²) in [7, 11) is 2.03. The third-order valence-corrected chi connectivity index (χ3v) is 3.16. The zero-order valence-corrected chi connectivity index (χ0v) is 11.0. The summed E-state index contributed by atoms with van der Waals surface area (Å²) >= 11 is 0. The lowest BCUT2D eigenvalue weighted by Gasteiger charge is -2.29. The highest BCUT2D eigenvalue weighted by Crippen LogP contribution is 2.06. The van der Waals surface area contributed by atoms with Crippen LogP contribution in [-0.4, -0.2) is 50.1 Å². The van der Waals surface area contributed by atoms with Crippen molar-refractivity contribution in [3.63, 3.8) is 0 Å². The largest absolute Gasteiger partial charge is 0.466 e. The average molecular weight is 251 g/mol. The minimum atomic E-state index is -0.0953. The van der Waals surface area contributed by atoms with Gasteiger partial charge in [-0.3, -0.25) is 4.79 Å². The van der Waals surface area contributed by atoms with Crippen LogP contribution in [0.15, 0.2) is 16.5 Å². The predicted molar refractivity (Wildman–Crippen MR) is 69.4 cm³/mol. The van der Waals surface area contributed by atoms with Gasteiger partial charge in [-0.15, -0.1) is 0 Å². The van der Waals surface area contributed by atoms with Crippen molar-refractivity contribution >= 4 is 5.91 Å². The number of aryl methyl sites for hydroxylation is 1. The van der Waals surface area contributed by atoms with Crippen molar-refractivity contribution in [1.29, 1.82) is 0 Å². The van der Waals surface area contributed by atoms with Gasteiger partial charge >= 0.3 is 0 Å². The van der Waals surface area contributed by atoms with E-state index in [1.54, 1.807) is 0 Å². The van der Waals surface area contributed by atoms with Crippen LogP contribution in [0.3, 0.4) is 0 Å². The zero-order valence-electron chi connectivity index (χ0n) is 11.0. The Kier molecular flexibility index (Phi) is 4.38. The maximum Gasteiger partial charge on any atom is 0.238 e. The molecule has 0 aromatic carbocycles. The van der Waals surface area contributed by atoms with Gasteiger partial charge in [0.05, 0.1) is 6.04 Å². The zero-order chi connectivity index (χ0) is 13.0. The first-order chi connectivity index (χ1) is 8.65. The number of rotatable bonds is 4. The minimum absolute atomic E-state index is 0.0739. The maximum absolute atomic E-state index is 11.9. The molecule has 18 heavy (non-hydrogen) atoms. The molecule has 5 nitrogen and oxygen atoms in total. The van der Waals surface area contributed by atoms with Gasteiger partial charge in [0.1, 0.15) is 11.5 Å². The maximum atomic E-state index is 11.9. The number of nitrogens with one attached hydrogen (secondary N) is 2. The van der Waals surface area contributed by atoms with Gasteiger partial charge in [-0.1, -0.05) is 0 Å². The minimum Gasteiger partial charge on any atom is -0.466 e. The molecule has 100 valence electrons. The first-order valence-corrected chi connectivity index (χ1v) is 6.40. The van der Waals surface area contributed by atoms with Gasteiger partial charge in [-0.2, -0.15) is 0 Å². The van der Waals surface area contributed by atoms with Crippen molar-refractivity contribution in [2.45, 2.75) is 19.4 Å². The quantitative estimate of drug-likeness (QED) is 0.800. The van der Waals surface area contributed by atoms with Crippen molar-refractivity contribution in [3.8, 4) is 0 Å². The molecule has 2 heterocycles. The molecule has 1 saturated heterocycles. The van der Waals surface area contributed by atoms with E-state index < -0.39 is 0 Å². The second-order valence-corrected chi connectivity index (χ2v) is 4.82. The molecule has 1 fully saturated rings. The second-order valence-electron chi connectivity index (χ2n) is 4.82. The van der Waals surface area contributed by atoms with Gasteiger partial charge in [0.25, 0.3) is 0 Å². The molecule has 0 saturated carbocycles. The fourth-order valence-corrected chi connectivity index (χ4v) is 2.12. The van der Waals surface area contributed by atoms with E-state index in [1.807, 2.05) is 26.1 Å². The van der Waals surface area contributed by atoms with Crippen LogP contribution < -0.4 is 10.6 Å². The van der Waals surface area contributed by atoms with Gasteiger partial charge in [0.2, 0.25) is 5.91 Å². The van der Waals surface area contributed by atoms with Crippen LogP contribution in [0, 0.1) is 6.92 Å². The van der Waals surface area contributed by atoms with Gasteiger partial charge in [0.15, 0.2) is 0 Å². The fraction of sp³-hybridized carbons (Fsp3) is 0.615. The topological polar surface area (TPSA) is 57.5 Å². The van der Waals surface area contributed by atoms with Crippen LogP contribution in [0.2, 0.25) is 0 Å². The van der Waals surface area contributed by atoms with Gasteiger partial charge in [-0.05, 0) is 26.1 Å². The standard InChI is InChI=1S/C13H21N3O2/c1-10-3-4-11(18-10)5-6-15-13(17)12-9-16(2)8-7-14-12/h3-4,12,14H,5-9H2,1-2H3,(H,15,17).